The lowest BCUT2D eigenvalue weighted by Crippen LogP contribution is -2.40. The molecule has 0 saturated heterocycles. The maximum absolute atomic E-state index is 2.48. The number of hydrogen-bond acceptors (Lipinski definition) is 0. The maximum Gasteiger partial charge on any atom is -0.0298 e. The van der Waals surface area contributed by atoms with E-state index in [1.807, 2.05) is 0 Å². The van der Waals surface area contributed by atoms with Gasteiger partial charge >= 0.3 is 0 Å². The van der Waals surface area contributed by atoms with Crippen molar-refractivity contribution < 1.29 is 0 Å². The molecule has 0 heterocycles. The minimum Gasteiger partial charge on any atom is -0.0602 e. The third kappa shape index (κ3) is 7.14. The first-order chi connectivity index (χ1) is 8.37. The van der Waals surface area contributed by atoms with Crippen molar-refractivity contribution in [3.05, 3.63) is 0 Å². The Kier molecular flexibility index (Phi) is 5.65. The average molecular weight is 283 g/mol. The lowest BCUT2D eigenvalue weighted by Gasteiger charge is -2.49. The largest absolute Gasteiger partial charge is 0.0602 e. The van der Waals surface area contributed by atoms with Gasteiger partial charge in [0.15, 0.2) is 0 Å². The Balaban J connectivity index is 5.05. The van der Waals surface area contributed by atoms with Crippen molar-refractivity contribution in [2.75, 3.05) is 0 Å². The first-order valence-electron chi connectivity index (χ1n) is 8.37. The molecule has 0 N–H and O–H groups in total. The standard InChI is InChI=1S/C20H42/c1-16(2,3)13-18(7,8)15-20(11,12)19(9,10)14-17(4,5)6/h13-15H2,1-12H3. The number of rotatable bonds is 5. The van der Waals surface area contributed by atoms with Crippen LogP contribution in [0.15, 0.2) is 0 Å². The zero-order valence-corrected chi connectivity index (χ0v) is 16.6. The van der Waals surface area contributed by atoms with Crippen molar-refractivity contribution in [3.63, 3.8) is 0 Å². The van der Waals surface area contributed by atoms with Crippen LogP contribution in [0.3, 0.4) is 0 Å². The van der Waals surface area contributed by atoms with E-state index >= 15 is 0 Å². The van der Waals surface area contributed by atoms with Crippen LogP contribution in [0.2, 0.25) is 0 Å². The van der Waals surface area contributed by atoms with Crippen LogP contribution in [0, 0.1) is 27.1 Å². The van der Waals surface area contributed by atoms with Gasteiger partial charge in [0.1, 0.15) is 0 Å². The van der Waals surface area contributed by atoms with Crippen LogP contribution >= 0.6 is 0 Å². The third-order valence-electron chi connectivity index (χ3n) is 4.73. The summed E-state index contributed by atoms with van der Waals surface area (Å²) in [6, 6.07) is 0. The van der Waals surface area contributed by atoms with Gasteiger partial charge in [-0.25, -0.2) is 0 Å². The van der Waals surface area contributed by atoms with E-state index in [9.17, 15) is 0 Å². The molecule has 0 aromatic heterocycles. The normalized spacial score (nSPS) is 15.6. The molecule has 0 unspecified atom stereocenters. The molecular weight excluding hydrogens is 240 g/mol. The summed E-state index contributed by atoms with van der Waals surface area (Å²) in [6.45, 7) is 29.0. The second kappa shape index (κ2) is 5.65. The molecule has 0 radical (unpaired) electrons. The van der Waals surface area contributed by atoms with Gasteiger partial charge in [0.2, 0.25) is 0 Å². The summed E-state index contributed by atoms with van der Waals surface area (Å²) < 4.78 is 0. The highest BCUT2D eigenvalue weighted by atomic mass is 14.5. The predicted octanol–water partition coefficient (Wildman–Crippen LogP) is 7.33. The van der Waals surface area contributed by atoms with E-state index in [1.165, 1.54) is 19.3 Å². The fourth-order valence-corrected chi connectivity index (χ4v) is 4.50. The zero-order valence-electron chi connectivity index (χ0n) is 16.6. The van der Waals surface area contributed by atoms with Gasteiger partial charge in [0, 0.05) is 0 Å². The molecule has 0 atom stereocenters. The van der Waals surface area contributed by atoms with Gasteiger partial charge in [-0.2, -0.15) is 0 Å². The highest BCUT2D eigenvalue weighted by molar-refractivity contribution is 4.93. The highest BCUT2D eigenvalue weighted by Crippen LogP contribution is 2.53. The molecule has 0 rings (SSSR count). The molecule has 0 bridgehead atoms. The van der Waals surface area contributed by atoms with Crippen LogP contribution in [0.4, 0.5) is 0 Å². The van der Waals surface area contributed by atoms with E-state index < -0.39 is 0 Å². The zero-order chi connectivity index (χ0) is 16.6. The molecule has 0 aliphatic rings. The summed E-state index contributed by atoms with van der Waals surface area (Å²) in [4.78, 5) is 0. The SMILES string of the molecule is CC(C)(C)CC(C)(C)CC(C)(C)C(C)(C)CC(C)(C)C. The Morgan fingerprint density at radius 3 is 1.00 bits per heavy atom. The van der Waals surface area contributed by atoms with Crippen molar-refractivity contribution in [1.29, 1.82) is 0 Å². The van der Waals surface area contributed by atoms with Crippen molar-refractivity contribution >= 4 is 0 Å². The third-order valence-corrected chi connectivity index (χ3v) is 4.73. The Bertz CT molecular complexity index is 302. The second-order valence-electron chi connectivity index (χ2n) is 11.6. The Hall–Kier alpha value is 0. The molecule has 0 amide bonds. The smallest absolute Gasteiger partial charge is 0.0298 e. The monoisotopic (exact) mass is 282 g/mol. The van der Waals surface area contributed by atoms with Crippen LogP contribution in [0.25, 0.3) is 0 Å². The molecule has 0 spiro atoms. The Labute approximate surface area is 130 Å². The molecule has 0 nitrogen and oxygen atoms in total. The quantitative estimate of drug-likeness (QED) is 0.495. The number of hydrogen-bond donors (Lipinski definition) is 0. The highest BCUT2D eigenvalue weighted by Gasteiger charge is 2.43. The summed E-state index contributed by atoms with van der Waals surface area (Å²) in [5.74, 6) is 0. The molecular formula is C20H42. The molecule has 0 saturated carbocycles. The lowest BCUT2D eigenvalue weighted by molar-refractivity contribution is 0.00781. The maximum atomic E-state index is 2.48. The molecule has 0 aliphatic heterocycles. The van der Waals surface area contributed by atoms with Crippen molar-refractivity contribution in [2.24, 2.45) is 27.1 Å². The summed E-state index contributed by atoms with van der Waals surface area (Å²) in [5, 5.41) is 0. The second-order valence-corrected chi connectivity index (χ2v) is 11.6. The Morgan fingerprint density at radius 2 is 0.700 bits per heavy atom. The van der Waals surface area contributed by atoms with Crippen molar-refractivity contribution in [1.82, 2.24) is 0 Å². The summed E-state index contributed by atoms with van der Waals surface area (Å²) in [6.07, 6.45) is 3.86. The van der Waals surface area contributed by atoms with Gasteiger partial charge in [0.25, 0.3) is 0 Å². The van der Waals surface area contributed by atoms with E-state index in [2.05, 4.69) is 83.1 Å². The van der Waals surface area contributed by atoms with Crippen molar-refractivity contribution in [3.8, 4) is 0 Å². The first kappa shape index (κ1) is 20.0. The summed E-state index contributed by atoms with van der Waals surface area (Å²) in [7, 11) is 0. The van der Waals surface area contributed by atoms with E-state index in [0.717, 1.165) is 0 Å². The van der Waals surface area contributed by atoms with Gasteiger partial charge in [0.05, 0.1) is 0 Å². The van der Waals surface area contributed by atoms with Gasteiger partial charge in [-0.15, -0.1) is 0 Å². The molecule has 122 valence electrons. The van der Waals surface area contributed by atoms with Gasteiger partial charge < -0.3 is 0 Å². The van der Waals surface area contributed by atoms with E-state index in [0.29, 0.717) is 27.1 Å². The molecule has 0 aromatic rings. The van der Waals surface area contributed by atoms with Crippen LogP contribution in [0.1, 0.15) is 102 Å². The molecule has 0 fully saturated rings. The van der Waals surface area contributed by atoms with Crippen LogP contribution in [-0.4, -0.2) is 0 Å². The van der Waals surface area contributed by atoms with Gasteiger partial charge in [-0.05, 0) is 46.3 Å². The summed E-state index contributed by atoms with van der Waals surface area (Å²) >= 11 is 0. The minimum atomic E-state index is 0.356. The summed E-state index contributed by atoms with van der Waals surface area (Å²) in [5.41, 5.74) is 1.93. The molecule has 0 heteroatoms. The van der Waals surface area contributed by atoms with E-state index in [-0.39, 0.29) is 0 Å². The Morgan fingerprint density at radius 1 is 0.400 bits per heavy atom. The molecule has 20 heavy (non-hydrogen) atoms. The van der Waals surface area contributed by atoms with E-state index in [4.69, 9.17) is 0 Å². The lowest BCUT2D eigenvalue weighted by atomic mass is 9.56. The van der Waals surface area contributed by atoms with Gasteiger partial charge in [-0.3, -0.25) is 0 Å². The molecule has 0 aromatic carbocycles. The van der Waals surface area contributed by atoms with Crippen LogP contribution < -0.4 is 0 Å². The van der Waals surface area contributed by atoms with Crippen molar-refractivity contribution in [2.45, 2.75) is 102 Å². The fourth-order valence-electron chi connectivity index (χ4n) is 4.50. The molecule has 0 aliphatic carbocycles. The fraction of sp³-hybridized carbons (Fsp3) is 1.00. The van der Waals surface area contributed by atoms with E-state index in [1.54, 1.807) is 0 Å². The topological polar surface area (TPSA) is 0 Å². The first-order valence-corrected chi connectivity index (χ1v) is 8.37. The minimum absolute atomic E-state index is 0.356. The van der Waals surface area contributed by atoms with Crippen LogP contribution in [-0.2, 0) is 0 Å². The van der Waals surface area contributed by atoms with Crippen LogP contribution in [0.5, 0.6) is 0 Å². The average Bonchev–Trinajstić information content (AvgIpc) is 1.88. The predicted molar refractivity (Wildman–Crippen MR) is 94.1 cm³/mol. The van der Waals surface area contributed by atoms with Gasteiger partial charge in [-0.1, -0.05) is 83.1 Å².